The van der Waals surface area contributed by atoms with E-state index in [1.54, 1.807) is 0 Å². The van der Waals surface area contributed by atoms with Gasteiger partial charge in [-0.15, -0.1) is 0 Å². The van der Waals surface area contributed by atoms with Crippen LogP contribution in [-0.4, -0.2) is 9.97 Å². The van der Waals surface area contributed by atoms with E-state index in [9.17, 15) is 0 Å². The number of aromatic nitrogens is 2. The van der Waals surface area contributed by atoms with E-state index in [1.807, 2.05) is 24.3 Å². The second-order valence-corrected chi connectivity index (χ2v) is 5.53. The Labute approximate surface area is 120 Å². The van der Waals surface area contributed by atoms with Crippen LogP contribution in [0.5, 0.6) is 0 Å². The molecule has 1 heterocycles. The smallest absolute Gasteiger partial charge is 0.138 e. The first-order valence-corrected chi connectivity index (χ1v) is 6.87. The van der Waals surface area contributed by atoms with Crippen LogP contribution in [0.1, 0.15) is 11.1 Å². The Morgan fingerprint density at radius 2 is 2.00 bits per heavy atom. The van der Waals surface area contributed by atoms with Crippen molar-refractivity contribution in [2.75, 3.05) is 5.73 Å². The number of nitrogen functional groups attached to an aromatic ring is 1. The number of benzene rings is 2. The lowest BCUT2D eigenvalue weighted by atomic mass is 10.1. The minimum atomic E-state index is 0.740. The molecule has 3 N–H and O–H groups in total. The van der Waals surface area contributed by atoms with Gasteiger partial charge < -0.3 is 10.7 Å². The highest BCUT2D eigenvalue weighted by molar-refractivity contribution is 9.10. The summed E-state index contributed by atoms with van der Waals surface area (Å²) in [5, 5.41) is 0. The first-order valence-electron chi connectivity index (χ1n) is 6.07. The molecule has 3 nitrogen and oxygen atoms in total. The third-order valence-corrected chi connectivity index (χ3v) is 4.35. The van der Waals surface area contributed by atoms with E-state index in [0.29, 0.717) is 0 Å². The molecule has 0 radical (unpaired) electrons. The monoisotopic (exact) mass is 315 g/mol. The molecule has 4 heteroatoms. The number of halogens is 1. The fraction of sp³-hybridized carbons (Fsp3) is 0.133. The summed E-state index contributed by atoms with van der Waals surface area (Å²) >= 11 is 3.62. The van der Waals surface area contributed by atoms with E-state index in [4.69, 9.17) is 5.73 Å². The van der Waals surface area contributed by atoms with E-state index in [0.717, 1.165) is 32.6 Å². The van der Waals surface area contributed by atoms with Crippen LogP contribution >= 0.6 is 15.9 Å². The van der Waals surface area contributed by atoms with Gasteiger partial charge in [-0.05, 0) is 59.1 Å². The molecule has 96 valence electrons. The Morgan fingerprint density at radius 1 is 1.21 bits per heavy atom. The molecule has 0 aliphatic carbocycles. The van der Waals surface area contributed by atoms with Gasteiger partial charge in [0.1, 0.15) is 11.3 Å². The number of aryl methyl sites for hydroxylation is 1. The van der Waals surface area contributed by atoms with Crippen molar-refractivity contribution >= 4 is 32.7 Å². The van der Waals surface area contributed by atoms with Crippen molar-refractivity contribution in [3.05, 3.63) is 45.9 Å². The molecule has 0 aliphatic rings. The Kier molecular flexibility index (Phi) is 2.82. The molecule has 0 spiro atoms. The summed E-state index contributed by atoms with van der Waals surface area (Å²) in [5.41, 5.74) is 12.0. The van der Waals surface area contributed by atoms with Gasteiger partial charge in [-0.3, -0.25) is 0 Å². The minimum Gasteiger partial charge on any atom is -0.399 e. The maximum atomic E-state index is 5.82. The molecule has 0 aliphatic heterocycles. The number of fused-ring (bicyclic) bond motifs is 1. The van der Waals surface area contributed by atoms with Crippen LogP contribution in [0, 0.1) is 13.8 Å². The number of H-pyrrole nitrogens is 1. The highest BCUT2D eigenvalue weighted by Crippen LogP contribution is 2.31. The van der Waals surface area contributed by atoms with Gasteiger partial charge in [0, 0.05) is 15.7 Å². The van der Waals surface area contributed by atoms with Crippen LogP contribution in [0.25, 0.3) is 22.4 Å². The van der Waals surface area contributed by atoms with Crippen molar-refractivity contribution in [1.29, 1.82) is 0 Å². The number of imidazole rings is 1. The van der Waals surface area contributed by atoms with Gasteiger partial charge in [-0.2, -0.15) is 0 Å². The predicted molar refractivity (Wildman–Crippen MR) is 83.1 cm³/mol. The van der Waals surface area contributed by atoms with E-state index in [2.05, 4.69) is 45.8 Å². The first-order chi connectivity index (χ1) is 9.06. The van der Waals surface area contributed by atoms with Crippen molar-refractivity contribution in [2.45, 2.75) is 13.8 Å². The summed E-state index contributed by atoms with van der Waals surface area (Å²) in [4.78, 5) is 8.02. The second kappa shape index (κ2) is 4.38. The lowest BCUT2D eigenvalue weighted by Gasteiger charge is -2.02. The third kappa shape index (κ3) is 2.02. The van der Waals surface area contributed by atoms with Crippen molar-refractivity contribution in [3.8, 4) is 11.4 Å². The quantitative estimate of drug-likeness (QED) is 0.661. The number of rotatable bonds is 1. The summed E-state index contributed by atoms with van der Waals surface area (Å²) in [6, 6.07) is 9.85. The van der Waals surface area contributed by atoms with Gasteiger partial charge in [0.05, 0.1) is 5.52 Å². The van der Waals surface area contributed by atoms with Crippen molar-refractivity contribution in [2.24, 2.45) is 0 Å². The zero-order valence-corrected chi connectivity index (χ0v) is 12.4. The highest BCUT2D eigenvalue weighted by Gasteiger charge is 2.11. The Hall–Kier alpha value is -1.81. The molecule has 0 amide bonds. The number of hydrogen-bond acceptors (Lipinski definition) is 2. The zero-order chi connectivity index (χ0) is 13.6. The fourth-order valence-corrected chi connectivity index (χ4v) is 2.77. The van der Waals surface area contributed by atoms with Crippen LogP contribution in [0.3, 0.4) is 0 Å². The average molecular weight is 316 g/mol. The van der Waals surface area contributed by atoms with Gasteiger partial charge in [-0.25, -0.2) is 4.98 Å². The van der Waals surface area contributed by atoms with Crippen LogP contribution in [0.4, 0.5) is 5.69 Å². The van der Waals surface area contributed by atoms with Gasteiger partial charge in [-0.1, -0.05) is 12.1 Å². The van der Waals surface area contributed by atoms with Gasteiger partial charge in [0.2, 0.25) is 0 Å². The molecule has 0 unspecified atom stereocenters. The number of anilines is 1. The van der Waals surface area contributed by atoms with Gasteiger partial charge in [0.25, 0.3) is 0 Å². The maximum absolute atomic E-state index is 5.82. The Bertz CT molecular complexity index is 774. The Morgan fingerprint density at radius 3 is 2.74 bits per heavy atom. The molecule has 3 rings (SSSR count). The van der Waals surface area contributed by atoms with Crippen LogP contribution in [0.15, 0.2) is 34.8 Å². The molecule has 0 fully saturated rings. The summed E-state index contributed by atoms with van der Waals surface area (Å²) in [7, 11) is 0. The molecule has 0 saturated heterocycles. The van der Waals surface area contributed by atoms with Crippen LogP contribution in [0.2, 0.25) is 0 Å². The summed E-state index contributed by atoms with van der Waals surface area (Å²) in [6.45, 7) is 4.19. The minimum absolute atomic E-state index is 0.740. The third-order valence-electron chi connectivity index (χ3n) is 3.38. The molecule has 2 aromatic carbocycles. The van der Waals surface area contributed by atoms with Crippen LogP contribution < -0.4 is 5.73 Å². The number of hydrogen-bond donors (Lipinski definition) is 2. The number of nitrogens with zero attached hydrogens (tertiary/aromatic N) is 1. The van der Waals surface area contributed by atoms with E-state index in [1.165, 1.54) is 11.1 Å². The lowest BCUT2D eigenvalue weighted by Crippen LogP contribution is -1.86. The molecule has 0 saturated carbocycles. The topological polar surface area (TPSA) is 54.7 Å². The van der Waals surface area contributed by atoms with Gasteiger partial charge in [0.15, 0.2) is 0 Å². The first kappa shape index (κ1) is 12.2. The van der Waals surface area contributed by atoms with E-state index >= 15 is 0 Å². The molecular formula is C15H14BrN3. The SMILES string of the molecule is Cc1cc2[nH]c(-c3cccc(N)c3)nc2c(Br)c1C. The lowest BCUT2D eigenvalue weighted by molar-refractivity contribution is 1.33. The molecule has 0 atom stereocenters. The number of nitrogens with two attached hydrogens (primary N) is 1. The van der Waals surface area contributed by atoms with E-state index < -0.39 is 0 Å². The molecule has 3 aromatic rings. The van der Waals surface area contributed by atoms with Crippen molar-refractivity contribution < 1.29 is 0 Å². The van der Waals surface area contributed by atoms with Crippen molar-refractivity contribution in [1.82, 2.24) is 9.97 Å². The molecule has 0 bridgehead atoms. The maximum Gasteiger partial charge on any atom is 0.138 e. The summed E-state index contributed by atoms with van der Waals surface area (Å²) < 4.78 is 1.05. The number of nitrogens with one attached hydrogen (secondary N) is 1. The molecular weight excluding hydrogens is 302 g/mol. The Balaban J connectivity index is 2.25. The predicted octanol–water partition coefficient (Wildman–Crippen LogP) is 4.19. The largest absolute Gasteiger partial charge is 0.399 e. The van der Waals surface area contributed by atoms with Crippen molar-refractivity contribution in [3.63, 3.8) is 0 Å². The van der Waals surface area contributed by atoms with Gasteiger partial charge >= 0.3 is 0 Å². The zero-order valence-electron chi connectivity index (χ0n) is 10.8. The number of aromatic amines is 1. The normalized spacial score (nSPS) is 11.1. The average Bonchev–Trinajstić information content (AvgIpc) is 2.80. The summed E-state index contributed by atoms with van der Waals surface area (Å²) in [5.74, 6) is 0.841. The highest BCUT2D eigenvalue weighted by atomic mass is 79.9. The summed E-state index contributed by atoms with van der Waals surface area (Å²) in [6.07, 6.45) is 0. The van der Waals surface area contributed by atoms with Crippen LogP contribution in [-0.2, 0) is 0 Å². The standard InChI is InChI=1S/C15H14BrN3/c1-8-6-12-14(13(16)9(8)2)19-15(18-12)10-4-3-5-11(17)7-10/h3-7H,17H2,1-2H3,(H,18,19). The molecule has 1 aromatic heterocycles. The van der Waals surface area contributed by atoms with E-state index in [-0.39, 0.29) is 0 Å². The fourth-order valence-electron chi connectivity index (χ4n) is 2.16. The second-order valence-electron chi connectivity index (χ2n) is 4.74. The molecule has 19 heavy (non-hydrogen) atoms.